The van der Waals surface area contributed by atoms with E-state index >= 15 is 0 Å². The molecule has 1 aliphatic carbocycles. The van der Waals surface area contributed by atoms with Crippen molar-refractivity contribution in [3.05, 3.63) is 210 Å². The second-order valence-electron chi connectivity index (χ2n) is 14.2. The third-order valence-corrected chi connectivity index (χ3v) is 11.5. The summed E-state index contributed by atoms with van der Waals surface area (Å²) in [5.74, 6) is 1.75. The molecular weight excluding hydrogens is 643 g/mol. The molecule has 248 valence electrons. The first-order chi connectivity index (χ1) is 26.2. The lowest BCUT2D eigenvalue weighted by atomic mass is 9.66. The number of ether oxygens (including phenoxy) is 1. The molecule has 9 aromatic rings. The molecule has 0 bridgehead atoms. The molecule has 1 spiro atoms. The summed E-state index contributed by atoms with van der Waals surface area (Å²) in [7, 11) is 0. The maximum Gasteiger partial charge on any atom is 0.132 e. The molecule has 2 heteroatoms. The van der Waals surface area contributed by atoms with Crippen molar-refractivity contribution in [3.8, 4) is 56.0 Å². The molecule has 0 atom stereocenters. The summed E-state index contributed by atoms with van der Waals surface area (Å²) in [5, 5.41) is 4.92. The lowest BCUT2D eigenvalue weighted by molar-refractivity contribution is 0.436. The van der Waals surface area contributed by atoms with Gasteiger partial charge in [0.25, 0.3) is 0 Å². The number of nitrogens with two attached hydrogens (primary N) is 1. The zero-order chi connectivity index (χ0) is 35.1. The van der Waals surface area contributed by atoms with Crippen LogP contribution in [-0.2, 0) is 5.41 Å². The van der Waals surface area contributed by atoms with E-state index in [1.165, 1.54) is 66.1 Å². The Balaban J connectivity index is 1.17. The van der Waals surface area contributed by atoms with Crippen molar-refractivity contribution >= 4 is 27.2 Å². The van der Waals surface area contributed by atoms with Gasteiger partial charge in [0.15, 0.2) is 0 Å². The van der Waals surface area contributed by atoms with Crippen LogP contribution in [0, 0.1) is 0 Å². The van der Waals surface area contributed by atoms with Gasteiger partial charge in [-0.05, 0) is 95.9 Å². The topological polar surface area (TPSA) is 35.2 Å². The van der Waals surface area contributed by atoms with Gasteiger partial charge in [0.05, 0.1) is 5.41 Å². The summed E-state index contributed by atoms with van der Waals surface area (Å²) in [6.45, 7) is 0. The number of benzene rings is 9. The van der Waals surface area contributed by atoms with E-state index in [9.17, 15) is 0 Å². The summed E-state index contributed by atoms with van der Waals surface area (Å²) in [4.78, 5) is 0. The predicted molar refractivity (Wildman–Crippen MR) is 220 cm³/mol. The number of hydrogen-bond acceptors (Lipinski definition) is 2. The summed E-state index contributed by atoms with van der Waals surface area (Å²) in [5.41, 5.74) is 21.4. The van der Waals surface area contributed by atoms with Crippen molar-refractivity contribution < 1.29 is 4.74 Å². The third kappa shape index (κ3) is 4.15. The number of nitrogen functional groups attached to an aromatic ring is 1. The third-order valence-electron chi connectivity index (χ3n) is 11.5. The maximum atomic E-state index is 6.99. The van der Waals surface area contributed by atoms with Crippen molar-refractivity contribution in [2.45, 2.75) is 5.41 Å². The van der Waals surface area contributed by atoms with Crippen LogP contribution in [0.1, 0.15) is 22.3 Å². The van der Waals surface area contributed by atoms with Crippen LogP contribution in [-0.4, -0.2) is 0 Å². The van der Waals surface area contributed by atoms with Gasteiger partial charge in [0, 0.05) is 22.4 Å². The summed E-state index contributed by atoms with van der Waals surface area (Å²) in [6, 6.07) is 67.7. The maximum absolute atomic E-state index is 6.99. The molecule has 2 nitrogen and oxygen atoms in total. The van der Waals surface area contributed by atoms with E-state index in [1.807, 2.05) is 6.07 Å². The van der Waals surface area contributed by atoms with E-state index in [2.05, 4.69) is 182 Å². The molecule has 0 radical (unpaired) electrons. The van der Waals surface area contributed by atoms with Gasteiger partial charge in [-0.25, -0.2) is 0 Å². The highest BCUT2D eigenvalue weighted by molar-refractivity contribution is 6.21. The average molecular weight is 676 g/mol. The van der Waals surface area contributed by atoms with E-state index in [0.29, 0.717) is 0 Å². The SMILES string of the molecule is Nc1cccc2c1-c1cc(-c3c4ccccc4c(-c4ccc(-c5ccccc5)cc4)c4ccccc34)ccc1C21c2ccccc2Oc2ccccc21. The first-order valence-electron chi connectivity index (χ1n) is 18.2. The van der Waals surface area contributed by atoms with E-state index in [1.54, 1.807) is 0 Å². The Labute approximate surface area is 308 Å². The molecule has 0 aromatic heterocycles. The largest absolute Gasteiger partial charge is 0.457 e. The fourth-order valence-corrected chi connectivity index (χ4v) is 9.35. The summed E-state index contributed by atoms with van der Waals surface area (Å²) >= 11 is 0. The van der Waals surface area contributed by atoms with E-state index in [-0.39, 0.29) is 0 Å². The Bertz CT molecular complexity index is 2820. The van der Waals surface area contributed by atoms with Crippen LogP contribution >= 0.6 is 0 Å². The number of para-hydroxylation sites is 2. The quantitative estimate of drug-likeness (QED) is 0.149. The fraction of sp³-hybridized carbons (Fsp3) is 0.0196. The predicted octanol–water partition coefficient (Wildman–Crippen LogP) is 13.0. The summed E-state index contributed by atoms with van der Waals surface area (Å²) < 4.78 is 6.56. The molecule has 9 aromatic carbocycles. The number of rotatable bonds is 3. The Morgan fingerprint density at radius 2 is 0.811 bits per heavy atom. The minimum absolute atomic E-state index is 0.566. The molecule has 0 fully saturated rings. The second kappa shape index (κ2) is 11.3. The second-order valence-corrected chi connectivity index (χ2v) is 14.2. The van der Waals surface area contributed by atoms with Crippen molar-refractivity contribution in [2.75, 3.05) is 5.73 Å². The highest BCUT2D eigenvalue weighted by atomic mass is 16.5. The molecule has 2 N–H and O–H groups in total. The normalized spacial score (nSPS) is 13.3. The van der Waals surface area contributed by atoms with Crippen LogP contribution in [0.25, 0.3) is 66.1 Å². The standard InChI is InChI=1S/C51H33NO/c52-45-22-12-21-44-50(45)40-31-35(29-30-41(40)51(44)42-19-8-10-23-46(42)53-47-24-11-9-20-43(47)51)49-38-17-6-4-15-36(38)48(37-16-5-7-18-39(37)49)34-27-25-33(26-28-34)32-13-2-1-3-14-32/h1-31H,52H2. The van der Waals surface area contributed by atoms with Crippen LogP contribution in [0.15, 0.2) is 188 Å². The first-order valence-corrected chi connectivity index (χ1v) is 18.2. The summed E-state index contributed by atoms with van der Waals surface area (Å²) in [6.07, 6.45) is 0. The van der Waals surface area contributed by atoms with Crippen molar-refractivity contribution in [1.82, 2.24) is 0 Å². The molecule has 53 heavy (non-hydrogen) atoms. The van der Waals surface area contributed by atoms with Crippen LogP contribution in [0.3, 0.4) is 0 Å². The highest BCUT2D eigenvalue weighted by Crippen LogP contribution is 2.63. The molecular formula is C51H33NO. The van der Waals surface area contributed by atoms with Gasteiger partial charge in [-0.1, -0.05) is 164 Å². The van der Waals surface area contributed by atoms with Gasteiger partial charge in [0.1, 0.15) is 11.5 Å². The van der Waals surface area contributed by atoms with Crippen molar-refractivity contribution in [2.24, 2.45) is 0 Å². The average Bonchev–Trinajstić information content (AvgIpc) is 3.51. The Morgan fingerprint density at radius 3 is 1.43 bits per heavy atom. The van der Waals surface area contributed by atoms with Crippen LogP contribution in [0.5, 0.6) is 11.5 Å². The number of hydrogen-bond donors (Lipinski definition) is 1. The molecule has 1 heterocycles. The molecule has 11 rings (SSSR count). The zero-order valence-corrected chi connectivity index (χ0v) is 28.9. The Kier molecular flexibility index (Phi) is 6.35. The van der Waals surface area contributed by atoms with Gasteiger partial charge in [-0.15, -0.1) is 0 Å². The molecule has 0 saturated heterocycles. The lowest BCUT2D eigenvalue weighted by Crippen LogP contribution is -2.32. The number of fused-ring (bicyclic) bond motifs is 11. The monoisotopic (exact) mass is 675 g/mol. The lowest BCUT2D eigenvalue weighted by Gasteiger charge is -2.39. The Morgan fingerprint density at radius 1 is 0.340 bits per heavy atom. The first kappa shape index (κ1) is 29.8. The molecule has 0 amide bonds. The molecule has 0 saturated carbocycles. The zero-order valence-electron chi connectivity index (χ0n) is 28.9. The minimum Gasteiger partial charge on any atom is -0.457 e. The van der Waals surface area contributed by atoms with Gasteiger partial charge >= 0.3 is 0 Å². The molecule has 2 aliphatic rings. The Hall–Kier alpha value is -6.90. The van der Waals surface area contributed by atoms with Crippen LogP contribution in [0.4, 0.5) is 5.69 Å². The fourth-order valence-electron chi connectivity index (χ4n) is 9.35. The van der Waals surface area contributed by atoms with Crippen molar-refractivity contribution in [1.29, 1.82) is 0 Å². The van der Waals surface area contributed by atoms with Gasteiger partial charge < -0.3 is 10.5 Å². The van der Waals surface area contributed by atoms with E-state index in [0.717, 1.165) is 39.4 Å². The van der Waals surface area contributed by atoms with E-state index in [4.69, 9.17) is 10.5 Å². The molecule has 0 unspecified atom stereocenters. The van der Waals surface area contributed by atoms with Crippen molar-refractivity contribution in [3.63, 3.8) is 0 Å². The van der Waals surface area contributed by atoms with Gasteiger partial charge in [0.2, 0.25) is 0 Å². The minimum atomic E-state index is -0.566. The highest BCUT2D eigenvalue weighted by Gasteiger charge is 2.51. The van der Waals surface area contributed by atoms with Gasteiger partial charge in [-0.2, -0.15) is 0 Å². The van der Waals surface area contributed by atoms with Gasteiger partial charge in [-0.3, -0.25) is 0 Å². The van der Waals surface area contributed by atoms with Crippen LogP contribution < -0.4 is 10.5 Å². The van der Waals surface area contributed by atoms with Crippen LogP contribution in [0.2, 0.25) is 0 Å². The number of anilines is 1. The van der Waals surface area contributed by atoms with E-state index < -0.39 is 5.41 Å². The molecule has 1 aliphatic heterocycles. The smallest absolute Gasteiger partial charge is 0.132 e.